The molecule has 1 aromatic carbocycles. The van der Waals surface area contributed by atoms with Crippen LogP contribution in [0.4, 0.5) is 10.1 Å². The van der Waals surface area contributed by atoms with Gasteiger partial charge in [0.2, 0.25) is 0 Å². The number of carbonyl (C=O) groups excluding carboxylic acids is 1. The molecule has 0 atom stereocenters. The number of rotatable bonds is 3. The summed E-state index contributed by atoms with van der Waals surface area (Å²) < 4.78 is 18.9. The van der Waals surface area contributed by atoms with Crippen LogP contribution in [-0.2, 0) is 0 Å². The van der Waals surface area contributed by atoms with E-state index in [1.807, 2.05) is 20.8 Å². The van der Waals surface area contributed by atoms with E-state index >= 15 is 0 Å². The zero-order chi connectivity index (χ0) is 18.1. The highest BCUT2D eigenvalue weighted by Gasteiger charge is 2.29. The topological polar surface area (TPSA) is 85.2 Å². The smallest absolute Gasteiger partial charge is 0.316 e. The van der Waals surface area contributed by atoms with Crippen molar-refractivity contribution in [3.8, 4) is 0 Å². The molecule has 6 nitrogen and oxygen atoms in total. The highest BCUT2D eigenvalue weighted by Crippen LogP contribution is 2.32. The van der Waals surface area contributed by atoms with Gasteiger partial charge in [0.05, 0.1) is 5.69 Å². The second-order valence-corrected chi connectivity index (χ2v) is 6.91. The minimum absolute atomic E-state index is 0.0388. The Kier molecular flexibility index (Phi) is 4.74. The molecule has 7 heteroatoms. The lowest BCUT2D eigenvalue weighted by atomic mass is 9.86. The van der Waals surface area contributed by atoms with Crippen LogP contribution in [0.3, 0.4) is 0 Å². The van der Waals surface area contributed by atoms with Gasteiger partial charge < -0.3 is 15.2 Å². The van der Waals surface area contributed by atoms with Gasteiger partial charge >= 0.3 is 11.8 Å². The van der Waals surface area contributed by atoms with E-state index in [9.17, 15) is 9.18 Å². The summed E-state index contributed by atoms with van der Waals surface area (Å²) in [4.78, 5) is 18.4. The molecule has 25 heavy (non-hydrogen) atoms. The SMILES string of the molecule is Cc1cc(N)c(F)cc1C1CCN(C(=O)c2nc(C(C)C)no2)CC1. The average Bonchev–Trinajstić information content (AvgIpc) is 3.08. The number of hydrogen-bond donors (Lipinski definition) is 1. The van der Waals surface area contributed by atoms with Gasteiger partial charge in [0.15, 0.2) is 5.82 Å². The fourth-order valence-corrected chi connectivity index (χ4v) is 3.24. The Morgan fingerprint density at radius 3 is 2.64 bits per heavy atom. The quantitative estimate of drug-likeness (QED) is 0.862. The molecular formula is C18H23FN4O2. The number of aryl methyl sites for hydroxylation is 1. The third kappa shape index (κ3) is 3.50. The highest BCUT2D eigenvalue weighted by molar-refractivity contribution is 5.89. The van der Waals surface area contributed by atoms with Crippen molar-refractivity contribution in [3.63, 3.8) is 0 Å². The second kappa shape index (κ2) is 6.82. The van der Waals surface area contributed by atoms with Gasteiger partial charge in [-0.15, -0.1) is 0 Å². The van der Waals surface area contributed by atoms with E-state index in [0.717, 1.165) is 24.0 Å². The van der Waals surface area contributed by atoms with Gasteiger partial charge in [0.1, 0.15) is 5.82 Å². The summed E-state index contributed by atoms with van der Waals surface area (Å²) in [6.07, 6.45) is 1.53. The molecule has 134 valence electrons. The Labute approximate surface area is 146 Å². The van der Waals surface area contributed by atoms with Crippen molar-refractivity contribution in [1.82, 2.24) is 15.0 Å². The van der Waals surface area contributed by atoms with E-state index in [1.54, 1.807) is 11.0 Å². The minimum atomic E-state index is -0.383. The number of nitrogen functional groups attached to an aromatic ring is 1. The summed E-state index contributed by atoms with van der Waals surface area (Å²) in [5.74, 6) is 0.278. The van der Waals surface area contributed by atoms with Crippen molar-refractivity contribution in [2.45, 2.75) is 45.4 Å². The second-order valence-electron chi connectivity index (χ2n) is 6.91. The molecule has 1 fully saturated rings. The minimum Gasteiger partial charge on any atom is -0.396 e. The molecule has 2 N–H and O–H groups in total. The van der Waals surface area contributed by atoms with Gasteiger partial charge in [-0.2, -0.15) is 4.98 Å². The fourth-order valence-electron chi connectivity index (χ4n) is 3.24. The van der Waals surface area contributed by atoms with Crippen LogP contribution in [0.15, 0.2) is 16.7 Å². The van der Waals surface area contributed by atoms with Gasteiger partial charge in [-0.3, -0.25) is 4.79 Å². The third-order valence-corrected chi connectivity index (χ3v) is 4.75. The molecule has 0 aliphatic carbocycles. The zero-order valence-electron chi connectivity index (χ0n) is 14.8. The van der Waals surface area contributed by atoms with E-state index < -0.39 is 0 Å². The van der Waals surface area contributed by atoms with Crippen LogP contribution >= 0.6 is 0 Å². The summed E-state index contributed by atoms with van der Waals surface area (Å²) in [6, 6.07) is 3.20. The predicted molar refractivity (Wildman–Crippen MR) is 91.8 cm³/mol. The van der Waals surface area contributed by atoms with Crippen molar-refractivity contribution in [2.75, 3.05) is 18.8 Å². The number of nitrogens with zero attached hydrogens (tertiary/aromatic N) is 3. The van der Waals surface area contributed by atoms with Crippen molar-refractivity contribution in [1.29, 1.82) is 0 Å². The van der Waals surface area contributed by atoms with Crippen LogP contribution < -0.4 is 5.73 Å². The molecule has 3 rings (SSSR count). The first-order valence-electron chi connectivity index (χ1n) is 8.55. The molecule has 1 aliphatic heterocycles. The zero-order valence-corrected chi connectivity index (χ0v) is 14.8. The maximum Gasteiger partial charge on any atom is 0.316 e. The van der Waals surface area contributed by atoms with Gasteiger partial charge in [0.25, 0.3) is 0 Å². The number of benzene rings is 1. The first-order chi connectivity index (χ1) is 11.9. The number of halogens is 1. The summed E-state index contributed by atoms with van der Waals surface area (Å²) in [5.41, 5.74) is 7.75. The van der Waals surface area contributed by atoms with E-state index in [0.29, 0.717) is 18.9 Å². The number of nitrogens with two attached hydrogens (primary N) is 1. The standard InChI is InChI=1S/C18H23FN4O2/c1-10(2)16-21-17(25-22-16)18(24)23-6-4-12(5-7-23)13-9-14(19)15(20)8-11(13)3/h8-10,12H,4-7,20H2,1-3H3. The van der Waals surface area contributed by atoms with Crippen LogP contribution in [-0.4, -0.2) is 34.0 Å². The van der Waals surface area contributed by atoms with Gasteiger partial charge in [-0.05, 0) is 48.9 Å². The summed E-state index contributed by atoms with van der Waals surface area (Å²) in [5, 5.41) is 3.84. The molecular weight excluding hydrogens is 323 g/mol. The van der Waals surface area contributed by atoms with E-state index in [4.69, 9.17) is 10.3 Å². The molecule has 0 saturated carbocycles. The number of carbonyl (C=O) groups is 1. The highest BCUT2D eigenvalue weighted by atomic mass is 19.1. The largest absolute Gasteiger partial charge is 0.396 e. The van der Waals surface area contributed by atoms with Crippen molar-refractivity contribution in [3.05, 3.63) is 40.8 Å². The van der Waals surface area contributed by atoms with Crippen LogP contribution in [0.1, 0.15) is 66.2 Å². The number of hydrogen-bond acceptors (Lipinski definition) is 5. The molecule has 2 aromatic rings. The Hall–Kier alpha value is -2.44. The summed E-state index contributed by atoms with van der Waals surface area (Å²) in [6.45, 7) is 6.98. The normalized spacial score (nSPS) is 15.8. The predicted octanol–water partition coefficient (Wildman–Crippen LogP) is 3.24. The molecule has 0 unspecified atom stereocenters. The van der Waals surface area contributed by atoms with Crippen molar-refractivity contribution >= 4 is 11.6 Å². The molecule has 0 bridgehead atoms. The lowest BCUT2D eigenvalue weighted by molar-refractivity contribution is 0.0662. The van der Waals surface area contributed by atoms with Gasteiger partial charge in [0, 0.05) is 19.0 Å². The number of anilines is 1. The number of likely N-dealkylation sites (tertiary alicyclic amines) is 1. The molecule has 1 aliphatic rings. The van der Waals surface area contributed by atoms with Crippen LogP contribution in [0.2, 0.25) is 0 Å². The molecule has 0 radical (unpaired) electrons. The van der Waals surface area contributed by atoms with E-state index in [1.165, 1.54) is 6.07 Å². The molecule has 1 amide bonds. The Bertz CT molecular complexity index is 779. The van der Waals surface area contributed by atoms with Crippen LogP contribution in [0.25, 0.3) is 0 Å². The number of aromatic nitrogens is 2. The monoisotopic (exact) mass is 346 g/mol. The van der Waals surface area contributed by atoms with Crippen molar-refractivity contribution in [2.24, 2.45) is 0 Å². The first-order valence-corrected chi connectivity index (χ1v) is 8.55. The lowest BCUT2D eigenvalue weighted by Crippen LogP contribution is -2.38. The third-order valence-electron chi connectivity index (χ3n) is 4.75. The number of amides is 1. The van der Waals surface area contributed by atoms with Gasteiger partial charge in [-0.25, -0.2) is 4.39 Å². The first kappa shape index (κ1) is 17.4. The van der Waals surface area contributed by atoms with Gasteiger partial charge in [-0.1, -0.05) is 19.0 Å². The fraction of sp³-hybridized carbons (Fsp3) is 0.500. The molecule has 1 saturated heterocycles. The number of piperidine rings is 1. The van der Waals surface area contributed by atoms with E-state index in [2.05, 4.69) is 10.1 Å². The maximum atomic E-state index is 13.8. The lowest BCUT2D eigenvalue weighted by Gasteiger charge is -2.32. The average molecular weight is 346 g/mol. The Morgan fingerprint density at radius 2 is 2.04 bits per heavy atom. The van der Waals surface area contributed by atoms with Crippen molar-refractivity contribution < 1.29 is 13.7 Å². The summed E-state index contributed by atoms with van der Waals surface area (Å²) in [7, 11) is 0. The van der Waals surface area contributed by atoms with E-state index in [-0.39, 0.29) is 35.1 Å². The molecule has 0 spiro atoms. The maximum absolute atomic E-state index is 13.8. The Morgan fingerprint density at radius 1 is 1.36 bits per heavy atom. The molecule has 1 aromatic heterocycles. The Balaban J connectivity index is 1.67. The van der Waals surface area contributed by atoms with Crippen LogP contribution in [0, 0.1) is 12.7 Å². The van der Waals surface area contributed by atoms with Crippen LogP contribution in [0.5, 0.6) is 0 Å². The summed E-state index contributed by atoms with van der Waals surface area (Å²) >= 11 is 0. The molecule has 2 heterocycles.